The van der Waals surface area contributed by atoms with Gasteiger partial charge in [-0.3, -0.25) is 14.7 Å². The number of amides is 1. The minimum Gasteiger partial charge on any atom is -0.492 e. The minimum absolute atomic E-state index is 0.0908. The maximum absolute atomic E-state index is 14.5. The molecule has 1 saturated heterocycles. The number of rotatable bonds is 3. The number of anilines is 2. The Balaban J connectivity index is 1.51. The second-order valence-corrected chi connectivity index (χ2v) is 9.67. The quantitative estimate of drug-likeness (QED) is 0.502. The molecule has 0 saturated carbocycles. The molecule has 9 heteroatoms. The van der Waals surface area contributed by atoms with Gasteiger partial charge in [-0.2, -0.15) is 0 Å². The summed E-state index contributed by atoms with van der Waals surface area (Å²) < 4.78 is 26.2. The van der Waals surface area contributed by atoms with Crippen LogP contribution in [0.15, 0.2) is 36.7 Å². The molecule has 3 N–H and O–H groups in total. The molecule has 3 aromatic rings. The summed E-state index contributed by atoms with van der Waals surface area (Å²) in [5, 5.41) is 6.40. The Morgan fingerprint density at radius 1 is 1.22 bits per heavy atom. The number of hydrogen-bond acceptors (Lipinski definition) is 6. The Hall–Kier alpha value is -3.59. The van der Waals surface area contributed by atoms with E-state index in [9.17, 15) is 9.18 Å². The van der Waals surface area contributed by atoms with Gasteiger partial charge in [0.15, 0.2) is 11.6 Å². The number of aromatic nitrogens is 2. The highest BCUT2D eigenvalue weighted by Crippen LogP contribution is 2.44. The summed E-state index contributed by atoms with van der Waals surface area (Å²) in [5.74, 6) is 0.243. The van der Waals surface area contributed by atoms with E-state index < -0.39 is 5.82 Å². The van der Waals surface area contributed by atoms with Crippen LogP contribution in [0.5, 0.6) is 11.5 Å². The maximum Gasteiger partial charge on any atom is 0.255 e. The van der Waals surface area contributed by atoms with Crippen molar-refractivity contribution in [3.8, 4) is 22.8 Å². The molecule has 3 aliphatic rings. The minimum atomic E-state index is -0.480. The zero-order chi connectivity index (χ0) is 24.6. The number of halogens is 1. The molecule has 36 heavy (non-hydrogen) atoms. The number of methoxy groups -OCH3 is 1. The number of aromatic amines is 1. The zero-order valence-corrected chi connectivity index (χ0v) is 20.3. The van der Waals surface area contributed by atoms with Gasteiger partial charge >= 0.3 is 0 Å². The normalized spacial score (nSPS) is 21.7. The molecule has 0 aliphatic carbocycles. The Kier molecular flexibility index (Phi) is 6.00. The van der Waals surface area contributed by atoms with Crippen molar-refractivity contribution in [1.82, 2.24) is 20.2 Å². The van der Waals surface area contributed by atoms with E-state index in [1.807, 2.05) is 6.07 Å². The number of nitrogens with one attached hydrogen (secondary N) is 3. The lowest BCUT2D eigenvalue weighted by atomic mass is 9.92. The van der Waals surface area contributed by atoms with E-state index in [0.29, 0.717) is 47.6 Å². The third kappa shape index (κ3) is 3.97. The number of H-pyrrole nitrogens is 1. The van der Waals surface area contributed by atoms with Gasteiger partial charge in [0.05, 0.1) is 35.9 Å². The van der Waals surface area contributed by atoms with Gasteiger partial charge in [-0.25, -0.2) is 4.39 Å². The highest BCUT2D eigenvalue weighted by molar-refractivity contribution is 6.07. The van der Waals surface area contributed by atoms with Gasteiger partial charge in [-0.1, -0.05) is 6.07 Å². The fraction of sp³-hybridized carbons (Fsp3) is 0.407. The van der Waals surface area contributed by atoms with Gasteiger partial charge in [-0.05, 0) is 57.0 Å². The fourth-order valence-corrected chi connectivity index (χ4v) is 5.80. The topological polar surface area (TPSA) is 91.5 Å². The SMILES string of the molecule is COc1c(F)cccc1Nc1c2[nH]c3c1C(=O)NC[C@H]3CCCN1CCC[C@@H]1COc1cnccc1-2. The summed E-state index contributed by atoms with van der Waals surface area (Å²) in [4.78, 5) is 23.6. The van der Waals surface area contributed by atoms with Crippen LogP contribution in [-0.4, -0.2) is 60.2 Å². The number of hydrogen-bond donors (Lipinski definition) is 3. The number of pyridine rings is 1. The molecule has 5 heterocycles. The maximum atomic E-state index is 14.5. The van der Waals surface area contributed by atoms with Crippen LogP contribution in [0, 0.1) is 5.82 Å². The molecule has 0 unspecified atom stereocenters. The number of nitrogens with zero attached hydrogens (tertiary/aromatic N) is 2. The molecule has 2 bridgehead atoms. The number of carbonyl (C=O) groups is 1. The molecule has 6 rings (SSSR count). The lowest BCUT2D eigenvalue weighted by Crippen LogP contribution is -2.37. The first kappa shape index (κ1) is 22.8. The highest BCUT2D eigenvalue weighted by Gasteiger charge is 2.34. The van der Waals surface area contributed by atoms with Crippen LogP contribution < -0.4 is 20.1 Å². The van der Waals surface area contributed by atoms with Crippen molar-refractivity contribution in [1.29, 1.82) is 0 Å². The standard InChI is InChI=1S/C27H30FN5O3/c1-35-26-19(28)7-2-8-20(26)31-25-22-23-16(13-30-27(22)34)5-3-11-33-12-4-6-17(33)15-36-21-14-29-10-9-18(21)24(25)32-23/h2,7-10,14,16-17,31-32H,3-6,11-13,15H2,1H3,(H,30,34)/t16-,17-/m1/s1. The van der Waals surface area contributed by atoms with Crippen LogP contribution in [0.3, 0.4) is 0 Å². The first-order valence-electron chi connectivity index (χ1n) is 12.6. The molecule has 2 atom stereocenters. The summed E-state index contributed by atoms with van der Waals surface area (Å²) in [6.07, 6.45) is 7.71. The summed E-state index contributed by atoms with van der Waals surface area (Å²) >= 11 is 0. The Morgan fingerprint density at radius 2 is 2.08 bits per heavy atom. The summed E-state index contributed by atoms with van der Waals surface area (Å²) in [6, 6.07) is 6.97. The molecule has 8 nitrogen and oxygen atoms in total. The van der Waals surface area contributed by atoms with E-state index in [1.165, 1.54) is 19.6 Å². The molecular formula is C27H30FN5O3. The third-order valence-electron chi connectivity index (χ3n) is 7.59. The van der Waals surface area contributed by atoms with Gasteiger partial charge in [-0.15, -0.1) is 0 Å². The zero-order valence-electron chi connectivity index (χ0n) is 20.3. The number of para-hydroxylation sites is 1. The van der Waals surface area contributed by atoms with Gasteiger partial charge in [0.1, 0.15) is 12.4 Å². The van der Waals surface area contributed by atoms with E-state index in [-0.39, 0.29) is 17.6 Å². The van der Waals surface area contributed by atoms with Crippen molar-refractivity contribution < 1.29 is 18.7 Å². The van der Waals surface area contributed by atoms with Crippen molar-refractivity contribution in [2.45, 2.75) is 37.6 Å². The van der Waals surface area contributed by atoms with Crippen LogP contribution in [0.1, 0.15) is 47.7 Å². The monoisotopic (exact) mass is 491 g/mol. The number of benzene rings is 1. The summed E-state index contributed by atoms with van der Waals surface area (Å²) in [6.45, 7) is 3.27. The van der Waals surface area contributed by atoms with E-state index in [4.69, 9.17) is 9.47 Å². The lowest BCUT2D eigenvalue weighted by Gasteiger charge is -2.27. The van der Waals surface area contributed by atoms with Crippen LogP contribution in [0.4, 0.5) is 15.8 Å². The average molecular weight is 492 g/mol. The summed E-state index contributed by atoms with van der Waals surface area (Å²) in [7, 11) is 1.43. The fourth-order valence-electron chi connectivity index (χ4n) is 5.80. The Labute approximate surface area is 209 Å². The first-order chi connectivity index (χ1) is 17.6. The van der Waals surface area contributed by atoms with Crippen molar-refractivity contribution in [3.63, 3.8) is 0 Å². The van der Waals surface area contributed by atoms with E-state index in [2.05, 4.69) is 25.5 Å². The van der Waals surface area contributed by atoms with Gasteiger partial charge in [0.25, 0.3) is 5.91 Å². The number of ether oxygens (including phenoxy) is 2. The summed E-state index contributed by atoms with van der Waals surface area (Å²) in [5.41, 5.74) is 3.97. The lowest BCUT2D eigenvalue weighted by molar-refractivity contribution is 0.0939. The highest BCUT2D eigenvalue weighted by atomic mass is 19.1. The molecule has 0 spiro atoms. The average Bonchev–Trinajstić information content (AvgIpc) is 3.49. The second kappa shape index (κ2) is 9.46. The van der Waals surface area contributed by atoms with Crippen molar-refractivity contribution in [2.75, 3.05) is 38.7 Å². The molecule has 2 aromatic heterocycles. The molecule has 1 fully saturated rings. The number of fused-ring (bicyclic) bond motifs is 4. The number of carbonyl (C=O) groups excluding carboxylic acids is 1. The first-order valence-corrected chi connectivity index (χ1v) is 12.6. The van der Waals surface area contributed by atoms with E-state index in [1.54, 1.807) is 24.5 Å². The third-order valence-corrected chi connectivity index (χ3v) is 7.59. The van der Waals surface area contributed by atoms with Crippen LogP contribution in [-0.2, 0) is 0 Å². The van der Waals surface area contributed by atoms with Crippen LogP contribution in [0.2, 0.25) is 0 Å². The van der Waals surface area contributed by atoms with Crippen molar-refractivity contribution in [2.24, 2.45) is 0 Å². The molecular weight excluding hydrogens is 461 g/mol. The van der Waals surface area contributed by atoms with Crippen LogP contribution in [0.25, 0.3) is 11.3 Å². The molecule has 3 aliphatic heterocycles. The van der Waals surface area contributed by atoms with Crippen molar-refractivity contribution >= 4 is 17.3 Å². The van der Waals surface area contributed by atoms with E-state index in [0.717, 1.165) is 43.6 Å². The van der Waals surface area contributed by atoms with Gasteiger partial charge in [0.2, 0.25) is 0 Å². The smallest absolute Gasteiger partial charge is 0.255 e. The van der Waals surface area contributed by atoms with Gasteiger partial charge in [0, 0.05) is 36.0 Å². The molecule has 0 radical (unpaired) electrons. The largest absolute Gasteiger partial charge is 0.492 e. The van der Waals surface area contributed by atoms with Crippen molar-refractivity contribution in [3.05, 3.63) is 53.7 Å². The Bertz CT molecular complexity index is 1290. The second-order valence-electron chi connectivity index (χ2n) is 9.67. The molecule has 1 aromatic carbocycles. The predicted octanol–water partition coefficient (Wildman–Crippen LogP) is 4.43. The predicted molar refractivity (Wildman–Crippen MR) is 135 cm³/mol. The molecule has 1 amide bonds. The molecule has 188 valence electrons. The van der Waals surface area contributed by atoms with Gasteiger partial charge < -0.3 is 25.1 Å². The van der Waals surface area contributed by atoms with E-state index >= 15 is 0 Å². The Morgan fingerprint density at radius 3 is 2.94 bits per heavy atom. The van der Waals surface area contributed by atoms with Crippen LogP contribution >= 0.6 is 0 Å².